The van der Waals surface area contributed by atoms with Gasteiger partial charge in [0.1, 0.15) is 0 Å². The Bertz CT molecular complexity index is 751. The minimum Gasteiger partial charge on any atom is -0.357 e. The van der Waals surface area contributed by atoms with E-state index < -0.39 is 0 Å². The van der Waals surface area contributed by atoms with Gasteiger partial charge < -0.3 is 15.2 Å². The Hall–Kier alpha value is -1.68. The molecule has 1 saturated heterocycles. The number of guanidine groups is 1. The lowest BCUT2D eigenvalue weighted by molar-refractivity contribution is 0.258. The highest BCUT2D eigenvalue weighted by molar-refractivity contribution is 14.0. The molecule has 1 aromatic carbocycles. The number of likely N-dealkylation sites (tertiary alicyclic amines) is 1. The number of nitrogens with zero attached hydrogens (tertiary/aromatic N) is 4. The number of aliphatic imine (C=N–C) groups is 1. The van der Waals surface area contributed by atoms with E-state index >= 15 is 0 Å². The van der Waals surface area contributed by atoms with E-state index in [1.54, 1.807) is 0 Å². The molecule has 2 heterocycles. The van der Waals surface area contributed by atoms with Crippen LogP contribution in [0.1, 0.15) is 44.0 Å². The lowest BCUT2D eigenvalue weighted by Crippen LogP contribution is -2.44. The van der Waals surface area contributed by atoms with Gasteiger partial charge in [-0.3, -0.25) is 9.89 Å². The summed E-state index contributed by atoms with van der Waals surface area (Å²) in [6.45, 7) is 9.84. The predicted molar refractivity (Wildman–Crippen MR) is 127 cm³/mol. The second-order valence-corrected chi connectivity index (χ2v) is 7.44. The van der Waals surface area contributed by atoms with Crippen molar-refractivity contribution in [1.29, 1.82) is 0 Å². The second kappa shape index (κ2) is 12.1. The van der Waals surface area contributed by atoms with Crippen LogP contribution >= 0.6 is 24.0 Å². The Morgan fingerprint density at radius 1 is 1.31 bits per heavy atom. The lowest BCUT2D eigenvalue weighted by Gasteiger charge is -2.21. The van der Waals surface area contributed by atoms with Gasteiger partial charge in [-0.2, -0.15) is 4.98 Å². The molecule has 29 heavy (non-hydrogen) atoms. The Balaban J connectivity index is 0.00000300. The molecule has 1 aromatic heterocycles. The smallest absolute Gasteiger partial charge is 0.226 e. The van der Waals surface area contributed by atoms with Gasteiger partial charge in [-0.15, -0.1) is 24.0 Å². The summed E-state index contributed by atoms with van der Waals surface area (Å²) >= 11 is 0. The van der Waals surface area contributed by atoms with Crippen LogP contribution in [-0.2, 0) is 13.0 Å². The highest BCUT2D eigenvalue weighted by atomic mass is 127. The normalized spacial score (nSPS) is 19.8. The summed E-state index contributed by atoms with van der Waals surface area (Å²) < 4.78 is 5.15. The van der Waals surface area contributed by atoms with Crippen molar-refractivity contribution < 1.29 is 4.52 Å². The van der Waals surface area contributed by atoms with Gasteiger partial charge in [-0.05, 0) is 39.2 Å². The molecular formula is C21H33IN6O. The third-order valence-electron chi connectivity index (χ3n) is 5.01. The summed E-state index contributed by atoms with van der Waals surface area (Å²) in [6.07, 6.45) is 2.77. The van der Waals surface area contributed by atoms with Crippen LogP contribution in [0, 0.1) is 6.92 Å². The number of halogens is 1. The van der Waals surface area contributed by atoms with Gasteiger partial charge in [0.15, 0.2) is 11.8 Å². The van der Waals surface area contributed by atoms with Gasteiger partial charge in [-0.25, -0.2) is 0 Å². The first-order chi connectivity index (χ1) is 13.6. The summed E-state index contributed by atoms with van der Waals surface area (Å²) in [5, 5.41) is 10.8. The molecule has 0 spiro atoms. The van der Waals surface area contributed by atoms with E-state index in [-0.39, 0.29) is 24.0 Å². The van der Waals surface area contributed by atoms with Crippen LogP contribution in [0.2, 0.25) is 0 Å². The predicted octanol–water partition coefficient (Wildman–Crippen LogP) is 3.15. The number of aryl methyl sites for hydroxylation is 2. The van der Waals surface area contributed by atoms with E-state index in [9.17, 15) is 0 Å². The highest BCUT2D eigenvalue weighted by Gasteiger charge is 2.29. The standard InChI is InChI=1S/C21H32N6O.HI/c1-4-22-21(23-12-8-11-20-24-17(3)26-28-20)25-19-13-16(2)27(15-19)14-18-9-6-5-7-10-18;/h5-7,9-10,16,19H,4,8,11-15H2,1-3H3,(H2,22,23,25);1H. The minimum absolute atomic E-state index is 0. The molecule has 1 aliphatic rings. The SMILES string of the molecule is CCNC(=NCCCc1nc(C)no1)NC1CC(C)N(Cc2ccccc2)C1.I. The van der Waals surface area contributed by atoms with E-state index in [4.69, 9.17) is 9.52 Å². The molecule has 7 nitrogen and oxygen atoms in total. The van der Waals surface area contributed by atoms with Crippen molar-refractivity contribution >= 4 is 29.9 Å². The number of hydrogen-bond acceptors (Lipinski definition) is 5. The second-order valence-electron chi connectivity index (χ2n) is 7.44. The lowest BCUT2D eigenvalue weighted by atomic mass is 10.2. The molecule has 0 aliphatic carbocycles. The van der Waals surface area contributed by atoms with E-state index in [2.05, 4.69) is 69.9 Å². The first-order valence-corrected chi connectivity index (χ1v) is 10.3. The van der Waals surface area contributed by atoms with Gasteiger partial charge in [0, 0.05) is 44.7 Å². The molecule has 2 unspecified atom stereocenters. The zero-order valence-electron chi connectivity index (χ0n) is 17.6. The van der Waals surface area contributed by atoms with Crippen LogP contribution in [0.25, 0.3) is 0 Å². The summed E-state index contributed by atoms with van der Waals surface area (Å²) in [7, 11) is 0. The molecule has 0 amide bonds. The molecule has 3 rings (SSSR count). The number of rotatable bonds is 8. The summed E-state index contributed by atoms with van der Waals surface area (Å²) in [5.74, 6) is 2.26. The van der Waals surface area contributed by atoms with Crippen LogP contribution in [-0.4, -0.2) is 52.7 Å². The summed E-state index contributed by atoms with van der Waals surface area (Å²) in [5.41, 5.74) is 1.37. The Morgan fingerprint density at radius 3 is 2.79 bits per heavy atom. The number of aromatic nitrogens is 2. The monoisotopic (exact) mass is 512 g/mol. The zero-order valence-corrected chi connectivity index (χ0v) is 19.9. The summed E-state index contributed by atoms with van der Waals surface area (Å²) in [6, 6.07) is 11.7. The van der Waals surface area contributed by atoms with Crippen molar-refractivity contribution in [2.45, 2.75) is 58.7 Å². The molecule has 0 radical (unpaired) electrons. The Kier molecular flexibility index (Phi) is 9.86. The van der Waals surface area contributed by atoms with Crippen molar-refractivity contribution in [2.24, 2.45) is 4.99 Å². The van der Waals surface area contributed by atoms with Gasteiger partial charge in [0.2, 0.25) is 5.89 Å². The maximum absolute atomic E-state index is 5.15. The molecule has 0 bridgehead atoms. The zero-order chi connectivity index (χ0) is 19.8. The van der Waals surface area contributed by atoms with Crippen molar-refractivity contribution in [3.63, 3.8) is 0 Å². The molecule has 2 N–H and O–H groups in total. The Morgan fingerprint density at radius 2 is 2.10 bits per heavy atom. The first kappa shape index (κ1) is 23.6. The Labute approximate surface area is 190 Å². The van der Waals surface area contributed by atoms with E-state index in [1.165, 1.54) is 5.56 Å². The van der Waals surface area contributed by atoms with Crippen molar-refractivity contribution in [2.75, 3.05) is 19.6 Å². The third-order valence-corrected chi connectivity index (χ3v) is 5.01. The van der Waals surface area contributed by atoms with E-state index in [0.29, 0.717) is 23.8 Å². The van der Waals surface area contributed by atoms with Crippen LogP contribution in [0.3, 0.4) is 0 Å². The van der Waals surface area contributed by atoms with Gasteiger partial charge in [0.25, 0.3) is 0 Å². The fraction of sp³-hybridized carbons (Fsp3) is 0.571. The van der Waals surface area contributed by atoms with Crippen LogP contribution in [0.5, 0.6) is 0 Å². The van der Waals surface area contributed by atoms with Crippen molar-refractivity contribution in [1.82, 2.24) is 25.7 Å². The molecule has 2 aromatic rings. The quantitative estimate of drug-likeness (QED) is 0.245. The number of hydrogen-bond donors (Lipinski definition) is 2. The maximum Gasteiger partial charge on any atom is 0.226 e. The average Bonchev–Trinajstić information content (AvgIpc) is 3.25. The molecular weight excluding hydrogens is 479 g/mol. The number of nitrogens with one attached hydrogen (secondary N) is 2. The molecule has 8 heteroatoms. The first-order valence-electron chi connectivity index (χ1n) is 10.3. The highest BCUT2D eigenvalue weighted by Crippen LogP contribution is 2.20. The molecule has 2 atom stereocenters. The van der Waals surface area contributed by atoms with Crippen LogP contribution < -0.4 is 10.6 Å². The molecule has 1 fully saturated rings. The fourth-order valence-electron chi connectivity index (χ4n) is 3.62. The minimum atomic E-state index is 0. The largest absolute Gasteiger partial charge is 0.357 e. The topological polar surface area (TPSA) is 78.6 Å². The van der Waals surface area contributed by atoms with E-state index in [0.717, 1.165) is 51.4 Å². The molecule has 160 valence electrons. The van der Waals surface area contributed by atoms with E-state index in [1.807, 2.05) is 6.92 Å². The van der Waals surface area contributed by atoms with Gasteiger partial charge >= 0.3 is 0 Å². The van der Waals surface area contributed by atoms with Crippen molar-refractivity contribution in [3.05, 3.63) is 47.6 Å². The fourth-order valence-corrected chi connectivity index (χ4v) is 3.62. The average molecular weight is 512 g/mol. The summed E-state index contributed by atoms with van der Waals surface area (Å²) in [4.78, 5) is 11.5. The van der Waals surface area contributed by atoms with Crippen LogP contribution in [0.4, 0.5) is 0 Å². The maximum atomic E-state index is 5.15. The third kappa shape index (κ3) is 7.58. The van der Waals surface area contributed by atoms with Crippen molar-refractivity contribution in [3.8, 4) is 0 Å². The molecule has 0 saturated carbocycles. The van der Waals surface area contributed by atoms with Gasteiger partial charge in [-0.1, -0.05) is 35.5 Å². The van der Waals surface area contributed by atoms with Gasteiger partial charge in [0.05, 0.1) is 0 Å². The molecule has 1 aliphatic heterocycles. The van der Waals surface area contributed by atoms with Crippen LogP contribution in [0.15, 0.2) is 39.8 Å². The number of benzene rings is 1.